The number of hydrogen-bond donors (Lipinski definition) is 0. The van der Waals surface area contributed by atoms with Crippen LogP contribution in [0.3, 0.4) is 0 Å². The van der Waals surface area contributed by atoms with Gasteiger partial charge in [0.1, 0.15) is 0 Å². The first-order valence-corrected chi connectivity index (χ1v) is 15.1. The summed E-state index contributed by atoms with van der Waals surface area (Å²) in [5.41, 5.74) is 7.67. The fourth-order valence-corrected chi connectivity index (χ4v) is 6.51. The van der Waals surface area contributed by atoms with Crippen LogP contribution in [0.15, 0.2) is 146 Å². The average Bonchev–Trinajstić information content (AvgIpc) is 3.63. The summed E-state index contributed by atoms with van der Waals surface area (Å²) in [6.07, 6.45) is 0. The van der Waals surface area contributed by atoms with Gasteiger partial charge in [-0.2, -0.15) is 15.2 Å². The van der Waals surface area contributed by atoms with E-state index in [9.17, 15) is 5.26 Å². The first-order valence-electron chi connectivity index (χ1n) is 15.1. The highest BCUT2D eigenvalue weighted by atomic mass is 15.2. The van der Waals surface area contributed by atoms with Gasteiger partial charge >= 0.3 is 0 Å². The number of rotatable bonds is 4. The van der Waals surface area contributed by atoms with Crippen molar-refractivity contribution in [1.29, 1.82) is 5.26 Å². The number of aromatic nitrogens is 5. The maximum atomic E-state index is 9.38. The van der Waals surface area contributed by atoms with E-state index in [1.165, 1.54) is 10.8 Å². The van der Waals surface area contributed by atoms with Crippen molar-refractivity contribution in [1.82, 2.24) is 24.1 Å². The minimum Gasteiger partial charge on any atom is -0.309 e. The summed E-state index contributed by atoms with van der Waals surface area (Å²) in [4.78, 5) is 15.1. The molecule has 0 spiro atoms. The molecule has 0 aliphatic carbocycles. The molecule has 9 aromatic rings. The highest BCUT2D eigenvalue weighted by Gasteiger charge is 2.21. The minimum absolute atomic E-state index is 0.529. The molecule has 0 amide bonds. The van der Waals surface area contributed by atoms with Crippen LogP contribution in [0.1, 0.15) is 5.56 Å². The van der Waals surface area contributed by atoms with E-state index in [4.69, 9.17) is 15.0 Å². The molecule has 0 N–H and O–H groups in total. The van der Waals surface area contributed by atoms with Gasteiger partial charge in [0.15, 0.2) is 11.6 Å². The number of nitrogens with zero attached hydrogens (tertiary/aromatic N) is 6. The smallest absolute Gasteiger partial charge is 0.238 e. The standard InChI is InChI=1S/C40H24N6/c41-25-26-19-21-28(22-20-26)39-42-38(27-11-3-1-4-12-27)43-40(44-39)46-35-18-10-8-16-31(35)33-23-32-30-15-7-9-17-34(30)45(36(32)24-37(33)46)29-13-5-2-6-14-29/h1-24H. The van der Waals surface area contributed by atoms with Crippen molar-refractivity contribution in [2.75, 3.05) is 0 Å². The molecule has 214 valence electrons. The molecule has 0 unspecified atom stereocenters. The quantitative estimate of drug-likeness (QED) is 0.205. The first-order chi connectivity index (χ1) is 22.8. The van der Waals surface area contributed by atoms with E-state index < -0.39 is 0 Å². The SMILES string of the molecule is N#Cc1ccc(-c2nc(-c3ccccc3)nc(-n3c4ccccc4c4cc5c6ccccc6n(-c6ccccc6)c5cc43)n2)cc1. The van der Waals surface area contributed by atoms with Gasteiger partial charge < -0.3 is 4.57 Å². The second-order valence-electron chi connectivity index (χ2n) is 11.3. The molecular weight excluding hydrogens is 564 g/mol. The van der Waals surface area contributed by atoms with Crippen molar-refractivity contribution in [2.45, 2.75) is 0 Å². The third-order valence-electron chi connectivity index (χ3n) is 8.61. The molecule has 0 aliphatic rings. The minimum atomic E-state index is 0.529. The predicted molar refractivity (Wildman–Crippen MR) is 184 cm³/mol. The van der Waals surface area contributed by atoms with Crippen LogP contribution >= 0.6 is 0 Å². The predicted octanol–water partition coefficient (Wildman–Crippen LogP) is 9.27. The van der Waals surface area contributed by atoms with Crippen LogP contribution in [-0.4, -0.2) is 24.1 Å². The molecule has 6 heteroatoms. The third kappa shape index (κ3) is 4.00. The fourth-order valence-electron chi connectivity index (χ4n) is 6.51. The fraction of sp³-hybridized carbons (Fsp3) is 0. The van der Waals surface area contributed by atoms with Crippen LogP contribution in [0.25, 0.3) is 78.0 Å². The van der Waals surface area contributed by atoms with Gasteiger partial charge in [0.2, 0.25) is 5.95 Å². The van der Waals surface area contributed by atoms with E-state index in [-0.39, 0.29) is 0 Å². The van der Waals surface area contributed by atoms with E-state index in [1.807, 2.05) is 48.5 Å². The Morgan fingerprint density at radius 2 is 0.957 bits per heavy atom. The second-order valence-corrected chi connectivity index (χ2v) is 11.3. The van der Waals surface area contributed by atoms with Crippen LogP contribution in [0.5, 0.6) is 0 Å². The Hall–Kier alpha value is -6.58. The Morgan fingerprint density at radius 3 is 1.59 bits per heavy atom. The number of para-hydroxylation sites is 3. The van der Waals surface area contributed by atoms with Crippen molar-refractivity contribution in [2.24, 2.45) is 0 Å². The van der Waals surface area contributed by atoms with Crippen LogP contribution in [0, 0.1) is 11.3 Å². The van der Waals surface area contributed by atoms with E-state index in [2.05, 4.69) is 100 Å². The number of hydrogen-bond acceptors (Lipinski definition) is 4. The molecule has 6 aromatic carbocycles. The summed E-state index contributed by atoms with van der Waals surface area (Å²) in [6.45, 7) is 0. The zero-order chi connectivity index (χ0) is 30.6. The molecule has 0 bridgehead atoms. The molecule has 3 heterocycles. The van der Waals surface area contributed by atoms with Crippen molar-refractivity contribution in [3.63, 3.8) is 0 Å². The Morgan fingerprint density at radius 1 is 0.435 bits per heavy atom. The Bertz CT molecular complexity index is 2630. The average molecular weight is 589 g/mol. The van der Waals surface area contributed by atoms with E-state index in [0.717, 1.165) is 49.7 Å². The van der Waals surface area contributed by atoms with Gasteiger partial charge in [-0.15, -0.1) is 0 Å². The summed E-state index contributed by atoms with van der Waals surface area (Å²) in [5, 5.41) is 14.0. The zero-order valence-corrected chi connectivity index (χ0v) is 24.5. The Kier molecular flexibility index (Phi) is 5.77. The molecule has 9 rings (SSSR count). The van der Waals surface area contributed by atoms with Gasteiger partial charge in [0.25, 0.3) is 0 Å². The third-order valence-corrected chi connectivity index (χ3v) is 8.61. The van der Waals surface area contributed by atoms with E-state index >= 15 is 0 Å². The van der Waals surface area contributed by atoms with E-state index in [0.29, 0.717) is 23.2 Å². The molecule has 0 aliphatic heterocycles. The summed E-state index contributed by atoms with van der Waals surface area (Å²) in [5.74, 6) is 1.65. The lowest BCUT2D eigenvalue weighted by Crippen LogP contribution is -2.06. The van der Waals surface area contributed by atoms with Gasteiger partial charge in [-0.1, -0.05) is 84.9 Å². The lowest BCUT2D eigenvalue weighted by atomic mass is 10.1. The maximum absolute atomic E-state index is 9.38. The van der Waals surface area contributed by atoms with Gasteiger partial charge in [-0.25, -0.2) is 4.98 Å². The molecule has 0 saturated carbocycles. The molecular formula is C40H24N6. The van der Waals surface area contributed by atoms with Crippen molar-refractivity contribution < 1.29 is 0 Å². The summed E-state index contributed by atoms with van der Waals surface area (Å²) >= 11 is 0. The van der Waals surface area contributed by atoms with Crippen LogP contribution in [-0.2, 0) is 0 Å². The summed E-state index contributed by atoms with van der Waals surface area (Å²) < 4.78 is 4.48. The first kappa shape index (κ1) is 25.9. The number of benzene rings is 6. The van der Waals surface area contributed by atoms with Crippen LogP contribution in [0.4, 0.5) is 0 Å². The number of fused-ring (bicyclic) bond motifs is 6. The van der Waals surface area contributed by atoms with Gasteiger partial charge in [0, 0.05) is 38.4 Å². The molecule has 6 nitrogen and oxygen atoms in total. The summed E-state index contributed by atoms with van der Waals surface area (Å²) in [7, 11) is 0. The molecule has 0 fully saturated rings. The molecule has 0 radical (unpaired) electrons. The molecule has 3 aromatic heterocycles. The van der Waals surface area contributed by atoms with Gasteiger partial charge in [-0.05, 0) is 60.7 Å². The molecule has 46 heavy (non-hydrogen) atoms. The largest absolute Gasteiger partial charge is 0.309 e. The van der Waals surface area contributed by atoms with Crippen molar-refractivity contribution >= 4 is 43.6 Å². The lowest BCUT2D eigenvalue weighted by Gasteiger charge is -2.11. The van der Waals surface area contributed by atoms with E-state index in [1.54, 1.807) is 12.1 Å². The highest BCUT2D eigenvalue weighted by molar-refractivity contribution is 6.19. The topological polar surface area (TPSA) is 72.3 Å². The number of nitriles is 1. The monoisotopic (exact) mass is 588 g/mol. The zero-order valence-electron chi connectivity index (χ0n) is 24.5. The maximum Gasteiger partial charge on any atom is 0.238 e. The second kappa shape index (κ2) is 10.3. The van der Waals surface area contributed by atoms with Crippen molar-refractivity contribution in [3.8, 4) is 40.5 Å². The normalized spacial score (nSPS) is 11.5. The highest BCUT2D eigenvalue weighted by Crippen LogP contribution is 2.39. The van der Waals surface area contributed by atoms with Crippen molar-refractivity contribution in [3.05, 3.63) is 151 Å². The molecule has 0 saturated heterocycles. The summed E-state index contributed by atoms with van der Waals surface area (Å²) in [6, 6.07) is 51.6. The Labute approximate surface area is 264 Å². The van der Waals surface area contributed by atoms with Crippen LogP contribution in [0.2, 0.25) is 0 Å². The molecule has 0 atom stereocenters. The van der Waals surface area contributed by atoms with Crippen LogP contribution < -0.4 is 0 Å². The van der Waals surface area contributed by atoms with Gasteiger partial charge in [0.05, 0.1) is 33.7 Å². The van der Waals surface area contributed by atoms with Gasteiger partial charge in [-0.3, -0.25) is 4.57 Å². The Balaban J connectivity index is 1.39. The lowest BCUT2D eigenvalue weighted by molar-refractivity contribution is 0.953.